The Morgan fingerprint density at radius 2 is 1.27 bits per heavy atom. The van der Waals surface area contributed by atoms with Crippen LogP contribution < -0.4 is 0 Å². The molecule has 0 aliphatic heterocycles. The molecule has 26 heavy (non-hydrogen) atoms. The first kappa shape index (κ1) is 16.2. The lowest BCUT2D eigenvalue weighted by Crippen LogP contribution is -2.22. The Hall–Kier alpha value is -3.33. The fourth-order valence-electron chi connectivity index (χ4n) is 3.42. The van der Waals surface area contributed by atoms with Crippen molar-refractivity contribution >= 4 is 23.5 Å². The van der Waals surface area contributed by atoms with Crippen LogP contribution in [0.25, 0.3) is 0 Å². The van der Waals surface area contributed by atoms with Crippen LogP contribution in [0.2, 0.25) is 0 Å². The number of para-hydroxylation sites is 1. The Kier molecular flexibility index (Phi) is 3.85. The largest absolute Gasteiger partial charge is 0.289 e. The number of aliphatic imine (C=N–C) groups is 1. The second kappa shape index (κ2) is 6.19. The minimum Gasteiger partial charge on any atom is -0.289 e. The number of hydrogen-bond acceptors (Lipinski definition) is 3. The van der Waals surface area contributed by atoms with Gasteiger partial charge in [0, 0.05) is 34.0 Å². The summed E-state index contributed by atoms with van der Waals surface area (Å²) in [6.07, 6.45) is 1.69. The summed E-state index contributed by atoms with van der Waals surface area (Å²) in [6.45, 7) is 4.01. The summed E-state index contributed by atoms with van der Waals surface area (Å²) in [4.78, 5) is 30.4. The van der Waals surface area contributed by atoms with Crippen LogP contribution in [0.3, 0.4) is 0 Å². The topological polar surface area (TPSA) is 46.5 Å². The minimum atomic E-state index is -0.126. The summed E-state index contributed by atoms with van der Waals surface area (Å²) in [5.41, 5.74) is 5.49. The normalized spacial score (nSPS) is 13.0. The van der Waals surface area contributed by atoms with Gasteiger partial charge in [0.05, 0.1) is 5.69 Å². The molecule has 0 aromatic heterocycles. The standard InChI is InChI=1S/C23H17NO2/c1-14-7-5-8-15(2)21(14)24-13-16-9-6-12-19-20(16)23(26)18-11-4-3-10-17(18)22(19)25/h3-13H,1-2H3. The van der Waals surface area contributed by atoms with Crippen LogP contribution in [0, 0.1) is 13.8 Å². The second-order valence-electron chi connectivity index (χ2n) is 6.47. The molecule has 0 N–H and O–H groups in total. The van der Waals surface area contributed by atoms with E-state index in [1.54, 1.807) is 42.6 Å². The van der Waals surface area contributed by atoms with Crippen LogP contribution in [0.1, 0.15) is 48.5 Å². The molecule has 3 aromatic carbocycles. The molecule has 0 bridgehead atoms. The second-order valence-corrected chi connectivity index (χ2v) is 6.47. The molecule has 0 unspecified atom stereocenters. The van der Waals surface area contributed by atoms with E-state index >= 15 is 0 Å². The van der Waals surface area contributed by atoms with Gasteiger partial charge in [-0.15, -0.1) is 0 Å². The van der Waals surface area contributed by atoms with Crippen molar-refractivity contribution < 1.29 is 9.59 Å². The Morgan fingerprint density at radius 1 is 0.692 bits per heavy atom. The summed E-state index contributed by atoms with van der Waals surface area (Å²) in [5, 5.41) is 0. The number of benzene rings is 3. The lowest BCUT2D eigenvalue weighted by molar-refractivity contribution is 0.0979. The maximum atomic E-state index is 13.0. The zero-order valence-electron chi connectivity index (χ0n) is 14.6. The van der Waals surface area contributed by atoms with Gasteiger partial charge in [-0.2, -0.15) is 0 Å². The molecule has 0 radical (unpaired) electrons. The lowest BCUT2D eigenvalue weighted by Gasteiger charge is -2.18. The number of carbonyl (C=O) groups excluding carboxylic acids is 2. The summed E-state index contributed by atoms with van der Waals surface area (Å²) in [6, 6.07) is 18.3. The highest BCUT2D eigenvalue weighted by Crippen LogP contribution is 2.29. The van der Waals surface area contributed by atoms with E-state index in [1.165, 1.54) is 0 Å². The van der Waals surface area contributed by atoms with E-state index in [2.05, 4.69) is 4.99 Å². The van der Waals surface area contributed by atoms with Crippen LogP contribution in [0.4, 0.5) is 5.69 Å². The van der Waals surface area contributed by atoms with Gasteiger partial charge in [0.15, 0.2) is 11.6 Å². The number of nitrogens with zero attached hydrogens (tertiary/aromatic N) is 1. The molecule has 0 amide bonds. The Bertz CT molecular complexity index is 1070. The van der Waals surface area contributed by atoms with Crippen molar-refractivity contribution in [3.05, 3.63) is 99.6 Å². The molecule has 3 nitrogen and oxygen atoms in total. The van der Waals surface area contributed by atoms with E-state index in [0.29, 0.717) is 27.8 Å². The van der Waals surface area contributed by atoms with Crippen molar-refractivity contribution in [2.75, 3.05) is 0 Å². The van der Waals surface area contributed by atoms with E-state index in [1.807, 2.05) is 38.1 Å². The quantitative estimate of drug-likeness (QED) is 0.491. The predicted octanol–water partition coefficient (Wildman–Crippen LogP) is 4.83. The van der Waals surface area contributed by atoms with Crippen molar-refractivity contribution in [2.45, 2.75) is 13.8 Å². The molecule has 0 spiro atoms. The van der Waals surface area contributed by atoms with E-state index in [0.717, 1.165) is 16.8 Å². The van der Waals surface area contributed by atoms with Gasteiger partial charge in [0.2, 0.25) is 0 Å². The average Bonchev–Trinajstić information content (AvgIpc) is 2.65. The smallest absolute Gasteiger partial charge is 0.195 e. The molecular weight excluding hydrogens is 322 g/mol. The molecule has 0 heterocycles. The molecule has 0 saturated heterocycles. The summed E-state index contributed by atoms with van der Waals surface area (Å²) in [7, 11) is 0. The van der Waals surface area contributed by atoms with Gasteiger partial charge in [-0.25, -0.2) is 0 Å². The number of rotatable bonds is 2. The first-order chi connectivity index (χ1) is 12.6. The van der Waals surface area contributed by atoms with Gasteiger partial charge >= 0.3 is 0 Å². The molecule has 1 aliphatic carbocycles. The van der Waals surface area contributed by atoms with Crippen molar-refractivity contribution in [3.63, 3.8) is 0 Å². The van der Waals surface area contributed by atoms with Crippen LogP contribution >= 0.6 is 0 Å². The van der Waals surface area contributed by atoms with E-state index in [9.17, 15) is 9.59 Å². The van der Waals surface area contributed by atoms with Gasteiger partial charge in [0.1, 0.15) is 0 Å². The minimum absolute atomic E-state index is 0.113. The molecule has 3 aromatic rings. The van der Waals surface area contributed by atoms with E-state index < -0.39 is 0 Å². The van der Waals surface area contributed by atoms with Gasteiger partial charge < -0.3 is 0 Å². The fraction of sp³-hybridized carbons (Fsp3) is 0.0870. The molecule has 0 fully saturated rings. The molecule has 0 saturated carbocycles. The predicted molar refractivity (Wildman–Crippen MR) is 103 cm³/mol. The third-order valence-electron chi connectivity index (χ3n) is 4.76. The van der Waals surface area contributed by atoms with Gasteiger partial charge in [0.25, 0.3) is 0 Å². The Labute approximate surface area is 152 Å². The summed E-state index contributed by atoms with van der Waals surface area (Å²) in [5.74, 6) is -0.240. The summed E-state index contributed by atoms with van der Waals surface area (Å²) >= 11 is 0. The van der Waals surface area contributed by atoms with Crippen LogP contribution in [0.5, 0.6) is 0 Å². The number of ketones is 2. The van der Waals surface area contributed by atoms with Crippen molar-refractivity contribution in [1.29, 1.82) is 0 Å². The Morgan fingerprint density at radius 3 is 1.96 bits per heavy atom. The molecule has 0 atom stereocenters. The maximum absolute atomic E-state index is 13.0. The number of fused-ring (bicyclic) bond motifs is 2. The lowest BCUT2D eigenvalue weighted by atomic mass is 9.82. The van der Waals surface area contributed by atoms with Gasteiger partial charge in [-0.1, -0.05) is 60.7 Å². The fourth-order valence-corrected chi connectivity index (χ4v) is 3.42. The third kappa shape index (κ3) is 2.49. The average molecular weight is 339 g/mol. The van der Waals surface area contributed by atoms with E-state index in [4.69, 9.17) is 0 Å². The first-order valence-corrected chi connectivity index (χ1v) is 8.49. The zero-order chi connectivity index (χ0) is 18.3. The highest BCUT2D eigenvalue weighted by molar-refractivity contribution is 6.30. The van der Waals surface area contributed by atoms with E-state index in [-0.39, 0.29) is 11.6 Å². The number of aryl methyl sites for hydroxylation is 2. The highest BCUT2D eigenvalue weighted by atomic mass is 16.1. The molecular formula is C23H17NO2. The SMILES string of the molecule is Cc1cccc(C)c1N=Cc1cccc2c1C(=O)c1ccccc1C2=O. The molecule has 4 rings (SSSR count). The zero-order valence-corrected chi connectivity index (χ0v) is 14.6. The van der Waals surface area contributed by atoms with Crippen LogP contribution in [-0.2, 0) is 0 Å². The van der Waals surface area contributed by atoms with Crippen molar-refractivity contribution in [3.8, 4) is 0 Å². The maximum Gasteiger partial charge on any atom is 0.195 e. The number of hydrogen-bond donors (Lipinski definition) is 0. The van der Waals surface area contributed by atoms with Gasteiger partial charge in [-0.05, 0) is 25.0 Å². The van der Waals surface area contributed by atoms with Crippen LogP contribution in [-0.4, -0.2) is 17.8 Å². The molecule has 126 valence electrons. The monoisotopic (exact) mass is 339 g/mol. The highest BCUT2D eigenvalue weighted by Gasteiger charge is 2.30. The summed E-state index contributed by atoms with van der Waals surface area (Å²) < 4.78 is 0. The molecule has 1 aliphatic rings. The third-order valence-corrected chi connectivity index (χ3v) is 4.76. The first-order valence-electron chi connectivity index (χ1n) is 8.49. The van der Waals surface area contributed by atoms with Crippen molar-refractivity contribution in [1.82, 2.24) is 0 Å². The van der Waals surface area contributed by atoms with Gasteiger partial charge in [-0.3, -0.25) is 14.6 Å². The molecule has 3 heteroatoms. The number of carbonyl (C=O) groups is 2. The van der Waals surface area contributed by atoms with Crippen molar-refractivity contribution in [2.24, 2.45) is 4.99 Å². The Balaban J connectivity index is 1.85. The van der Waals surface area contributed by atoms with Crippen LogP contribution in [0.15, 0.2) is 65.7 Å².